The van der Waals surface area contributed by atoms with Crippen molar-refractivity contribution in [1.82, 2.24) is 0 Å². The maximum Gasteiger partial charge on any atom is 0.223 e. The molecule has 1 atom stereocenters. The standard InChI is InChI=1S/C20H24O3/c1-11(2)14-8-12-6-7-15-19(3,4)9-13(21)10-20(15,5)16(12)18(23)17(14)22/h6-8,11,23H,9-10H2,1-5H3/t20-/m0/s1. The number of hydrogen-bond acceptors (Lipinski definition) is 3. The lowest BCUT2D eigenvalue weighted by Gasteiger charge is -2.49. The second kappa shape index (κ2) is 4.80. The van der Waals surface area contributed by atoms with Crippen LogP contribution in [0.5, 0.6) is 0 Å². The highest BCUT2D eigenvalue weighted by molar-refractivity contribution is 6.10. The third-order valence-electron chi connectivity index (χ3n) is 5.43. The van der Waals surface area contributed by atoms with Gasteiger partial charge in [0.15, 0.2) is 5.76 Å². The summed E-state index contributed by atoms with van der Waals surface area (Å²) in [6.07, 6.45) is 6.80. The molecular formula is C20H24O3. The molecule has 3 aliphatic carbocycles. The normalized spacial score (nSPS) is 29.7. The summed E-state index contributed by atoms with van der Waals surface area (Å²) in [6.45, 7) is 10.00. The Balaban J connectivity index is 2.25. The Bertz CT molecular complexity index is 741. The van der Waals surface area contributed by atoms with E-state index in [1.54, 1.807) is 0 Å². The number of rotatable bonds is 1. The first-order valence-corrected chi connectivity index (χ1v) is 8.23. The van der Waals surface area contributed by atoms with Crippen LogP contribution in [0.4, 0.5) is 0 Å². The van der Waals surface area contributed by atoms with Crippen molar-refractivity contribution in [2.45, 2.75) is 47.5 Å². The molecule has 0 aliphatic heterocycles. The minimum absolute atomic E-state index is 0.0507. The molecule has 0 radical (unpaired) electrons. The van der Waals surface area contributed by atoms with E-state index in [1.807, 2.05) is 32.9 Å². The van der Waals surface area contributed by atoms with Crippen molar-refractivity contribution in [2.24, 2.45) is 16.7 Å². The third-order valence-corrected chi connectivity index (χ3v) is 5.43. The number of aliphatic hydroxyl groups excluding tert-OH is 1. The van der Waals surface area contributed by atoms with Gasteiger partial charge < -0.3 is 5.11 Å². The summed E-state index contributed by atoms with van der Waals surface area (Å²) in [6, 6.07) is 0. The highest BCUT2D eigenvalue weighted by Crippen LogP contribution is 2.58. The molecule has 3 heteroatoms. The lowest BCUT2D eigenvalue weighted by Crippen LogP contribution is -2.43. The SMILES string of the molecule is CC(C)C1=CC2=CC=C3C(C)(C)CC(=O)C[C@]3(C)C2=C(O)C1=O. The van der Waals surface area contributed by atoms with Gasteiger partial charge in [-0.05, 0) is 23.0 Å². The lowest BCUT2D eigenvalue weighted by atomic mass is 9.54. The zero-order chi connectivity index (χ0) is 17.2. The summed E-state index contributed by atoms with van der Waals surface area (Å²) in [4.78, 5) is 24.9. The van der Waals surface area contributed by atoms with Crippen LogP contribution in [0.3, 0.4) is 0 Å². The van der Waals surface area contributed by atoms with Crippen LogP contribution < -0.4 is 0 Å². The van der Waals surface area contributed by atoms with Gasteiger partial charge >= 0.3 is 0 Å². The average Bonchev–Trinajstić information content (AvgIpc) is 2.39. The van der Waals surface area contributed by atoms with E-state index in [-0.39, 0.29) is 28.7 Å². The number of allylic oxidation sites excluding steroid dienone is 7. The van der Waals surface area contributed by atoms with Gasteiger partial charge in [-0.3, -0.25) is 9.59 Å². The van der Waals surface area contributed by atoms with Crippen molar-refractivity contribution in [1.29, 1.82) is 0 Å². The van der Waals surface area contributed by atoms with E-state index < -0.39 is 5.41 Å². The molecule has 0 unspecified atom stereocenters. The Morgan fingerprint density at radius 1 is 1.09 bits per heavy atom. The smallest absolute Gasteiger partial charge is 0.223 e. The van der Waals surface area contributed by atoms with Crippen LogP contribution in [0.25, 0.3) is 0 Å². The molecule has 0 aromatic carbocycles. The van der Waals surface area contributed by atoms with Crippen LogP contribution in [0, 0.1) is 16.7 Å². The maximum absolute atomic E-state index is 12.6. The van der Waals surface area contributed by atoms with Crippen LogP contribution in [-0.2, 0) is 9.59 Å². The van der Waals surface area contributed by atoms with E-state index in [0.29, 0.717) is 24.0 Å². The lowest BCUT2D eigenvalue weighted by molar-refractivity contribution is -0.124. The molecule has 0 heterocycles. The molecule has 1 saturated carbocycles. The average molecular weight is 312 g/mol. The Morgan fingerprint density at radius 2 is 1.74 bits per heavy atom. The number of fused-ring (bicyclic) bond motifs is 3. The zero-order valence-electron chi connectivity index (χ0n) is 14.5. The van der Waals surface area contributed by atoms with Gasteiger partial charge in [0.05, 0.1) is 0 Å². The summed E-state index contributed by atoms with van der Waals surface area (Å²) in [5.74, 6) is -0.247. The van der Waals surface area contributed by atoms with Gasteiger partial charge in [0, 0.05) is 29.4 Å². The van der Waals surface area contributed by atoms with E-state index in [0.717, 1.165) is 11.1 Å². The number of aliphatic hydroxyl groups is 1. The van der Waals surface area contributed by atoms with Crippen LogP contribution in [-0.4, -0.2) is 16.7 Å². The van der Waals surface area contributed by atoms with E-state index in [4.69, 9.17) is 0 Å². The molecule has 3 aliphatic rings. The van der Waals surface area contributed by atoms with Gasteiger partial charge in [0.2, 0.25) is 5.78 Å². The van der Waals surface area contributed by atoms with Gasteiger partial charge in [-0.2, -0.15) is 0 Å². The Morgan fingerprint density at radius 3 is 2.35 bits per heavy atom. The predicted octanol–water partition coefficient (Wildman–Crippen LogP) is 4.23. The highest BCUT2D eigenvalue weighted by atomic mass is 16.3. The highest BCUT2D eigenvalue weighted by Gasteiger charge is 2.51. The minimum Gasteiger partial charge on any atom is -0.504 e. The van der Waals surface area contributed by atoms with Crippen LogP contribution in [0.1, 0.15) is 47.5 Å². The summed E-state index contributed by atoms with van der Waals surface area (Å²) in [7, 11) is 0. The second-order valence-corrected chi connectivity index (χ2v) is 8.12. The predicted molar refractivity (Wildman–Crippen MR) is 89.9 cm³/mol. The van der Waals surface area contributed by atoms with Crippen LogP contribution >= 0.6 is 0 Å². The first-order valence-electron chi connectivity index (χ1n) is 8.23. The topological polar surface area (TPSA) is 54.4 Å². The molecule has 122 valence electrons. The monoisotopic (exact) mass is 312 g/mol. The van der Waals surface area contributed by atoms with Crippen molar-refractivity contribution in [3.63, 3.8) is 0 Å². The van der Waals surface area contributed by atoms with Crippen molar-refractivity contribution in [3.8, 4) is 0 Å². The summed E-state index contributed by atoms with van der Waals surface area (Å²) in [5.41, 5.74) is 2.39. The number of ketones is 2. The zero-order valence-corrected chi connectivity index (χ0v) is 14.5. The molecule has 3 nitrogen and oxygen atoms in total. The minimum atomic E-state index is -0.596. The fourth-order valence-electron chi connectivity index (χ4n) is 4.53. The summed E-state index contributed by atoms with van der Waals surface area (Å²) < 4.78 is 0. The number of carbonyl (C=O) groups excluding carboxylic acids is 2. The molecule has 0 aromatic heterocycles. The second-order valence-electron chi connectivity index (χ2n) is 8.12. The van der Waals surface area contributed by atoms with Crippen molar-refractivity contribution in [2.75, 3.05) is 0 Å². The maximum atomic E-state index is 12.6. The van der Waals surface area contributed by atoms with Crippen molar-refractivity contribution >= 4 is 11.6 Å². The quantitative estimate of drug-likeness (QED) is 0.788. The van der Waals surface area contributed by atoms with Crippen molar-refractivity contribution in [3.05, 3.63) is 46.3 Å². The summed E-state index contributed by atoms with van der Waals surface area (Å²) >= 11 is 0. The Labute approximate surface area is 137 Å². The molecule has 3 rings (SSSR count). The van der Waals surface area contributed by atoms with E-state index in [9.17, 15) is 14.7 Å². The van der Waals surface area contributed by atoms with E-state index in [1.165, 1.54) is 0 Å². The number of carbonyl (C=O) groups is 2. The molecule has 0 amide bonds. The van der Waals surface area contributed by atoms with Gasteiger partial charge in [0.25, 0.3) is 0 Å². The molecular weight excluding hydrogens is 288 g/mol. The van der Waals surface area contributed by atoms with Gasteiger partial charge in [-0.25, -0.2) is 0 Å². The largest absolute Gasteiger partial charge is 0.504 e. The number of hydrogen-bond donors (Lipinski definition) is 1. The molecule has 23 heavy (non-hydrogen) atoms. The molecule has 0 saturated heterocycles. The van der Waals surface area contributed by atoms with Crippen LogP contribution in [0.2, 0.25) is 0 Å². The molecule has 0 aromatic rings. The van der Waals surface area contributed by atoms with Crippen molar-refractivity contribution < 1.29 is 14.7 Å². The molecule has 1 N–H and O–H groups in total. The molecule has 0 bridgehead atoms. The summed E-state index contributed by atoms with van der Waals surface area (Å²) in [5, 5.41) is 10.7. The molecule has 1 fully saturated rings. The van der Waals surface area contributed by atoms with Gasteiger partial charge in [0.1, 0.15) is 5.78 Å². The van der Waals surface area contributed by atoms with Gasteiger partial charge in [-0.15, -0.1) is 0 Å². The fourth-order valence-corrected chi connectivity index (χ4v) is 4.53. The van der Waals surface area contributed by atoms with Crippen LogP contribution in [0.15, 0.2) is 46.3 Å². The van der Waals surface area contributed by atoms with E-state index >= 15 is 0 Å². The fraction of sp³-hybridized carbons (Fsp3) is 0.500. The molecule has 0 spiro atoms. The third kappa shape index (κ3) is 2.17. The van der Waals surface area contributed by atoms with E-state index in [2.05, 4.69) is 19.9 Å². The first kappa shape index (κ1) is 16.0. The van der Waals surface area contributed by atoms with Gasteiger partial charge in [-0.1, -0.05) is 52.3 Å². The Kier molecular flexibility index (Phi) is 3.33. The Hall–Kier alpha value is -1.90. The first-order chi connectivity index (χ1) is 10.6. The number of Topliss-reactive ketones (excluding diaryl/α,β-unsaturated/α-hetero) is 2.